The number of nitrogens with two attached hydrogens (primary N) is 1. The van der Waals surface area contributed by atoms with Crippen molar-refractivity contribution in [3.05, 3.63) is 90.9 Å². The summed E-state index contributed by atoms with van der Waals surface area (Å²) >= 11 is 15.9. The minimum absolute atomic E-state index is 0.0429. The van der Waals surface area contributed by atoms with Gasteiger partial charge in [0.25, 0.3) is 5.91 Å². The summed E-state index contributed by atoms with van der Waals surface area (Å²) in [5.74, 6) is -1.44. The number of hydrogen-bond acceptors (Lipinski definition) is 4. The van der Waals surface area contributed by atoms with Crippen molar-refractivity contribution in [2.75, 3.05) is 11.1 Å². The maximum atomic E-state index is 13.2. The number of halogens is 3. The molecule has 0 spiro atoms. The highest BCUT2D eigenvalue weighted by Crippen LogP contribution is 2.45. The van der Waals surface area contributed by atoms with Gasteiger partial charge in [-0.15, -0.1) is 0 Å². The lowest BCUT2D eigenvalue weighted by atomic mass is 9.82. The van der Waals surface area contributed by atoms with Gasteiger partial charge in [-0.25, -0.2) is 0 Å². The third-order valence-electron chi connectivity index (χ3n) is 4.61. The molecule has 5 nitrogen and oxygen atoms in total. The molecule has 0 radical (unpaired) electrons. The van der Waals surface area contributed by atoms with Crippen molar-refractivity contribution in [3.63, 3.8) is 0 Å². The van der Waals surface area contributed by atoms with Gasteiger partial charge < -0.3 is 11.1 Å². The number of amides is 1. The van der Waals surface area contributed by atoms with Crippen LogP contribution in [0.15, 0.2) is 53.0 Å². The van der Waals surface area contributed by atoms with E-state index in [4.69, 9.17) is 28.9 Å². The molecular formula is C21H11BrCl2N2O3. The van der Waals surface area contributed by atoms with E-state index >= 15 is 0 Å². The van der Waals surface area contributed by atoms with Crippen LogP contribution in [0.2, 0.25) is 10.0 Å². The molecule has 144 valence electrons. The van der Waals surface area contributed by atoms with Crippen LogP contribution in [0.3, 0.4) is 0 Å². The highest BCUT2D eigenvalue weighted by Gasteiger charge is 2.36. The van der Waals surface area contributed by atoms with Crippen LogP contribution >= 0.6 is 39.1 Å². The van der Waals surface area contributed by atoms with Gasteiger partial charge in [-0.05, 0) is 18.2 Å². The van der Waals surface area contributed by atoms with Gasteiger partial charge in [0.1, 0.15) is 0 Å². The maximum Gasteiger partial charge on any atom is 0.255 e. The zero-order chi connectivity index (χ0) is 20.9. The smallest absolute Gasteiger partial charge is 0.255 e. The number of hydrogen-bond donors (Lipinski definition) is 2. The SMILES string of the molecule is Nc1c(Cl)c(Cl)c(NC(=O)c2cccc(Br)c2)c2c1C(=O)c1ccccc1C2=O. The van der Waals surface area contributed by atoms with Crippen molar-refractivity contribution in [2.24, 2.45) is 0 Å². The van der Waals surface area contributed by atoms with Crippen molar-refractivity contribution < 1.29 is 14.4 Å². The molecule has 3 N–H and O–H groups in total. The molecular weight excluding hydrogens is 479 g/mol. The lowest BCUT2D eigenvalue weighted by Crippen LogP contribution is -2.26. The molecule has 3 aromatic rings. The predicted molar refractivity (Wildman–Crippen MR) is 116 cm³/mol. The van der Waals surface area contributed by atoms with E-state index in [1.165, 1.54) is 6.07 Å². The number of rotatable bonds is 2. The molecule has 1 aliphatic rings. The van der Waals surface area contributed by atoms with Crippen molar-refractivity contribution in [2.45, 2.75) is 0 Å². The van der Waals surface area contributed by atoms with Gasteiger partial charge in [-0.1, -0.05) is 69.5 Å². The zero-order valence-corrected chi connectivity index (χ0v) is 17.7. The topological polar surface area (TPSA) is 89.3 Å². The van der Waals surface area contributed by atoms with Gasteiger partial charge in [-0.3, -0.25) is 14.4 Å². The summed E-state index contributed by atoms with van der Waals surface area (Å²) in [6.45, 7) is 0. The molecule has 29 heavy (non-hydrogen) atoms. The summed E-state index contributed by atoms with van der Waals surface area (Å²) in [6.07, 6.45) is 0. The lowest BCUT2D eigenvalue weighted by molar-refractivity contribution is 0.0979. The van der Waals surface area contributed by atoms with Gasteiger partial charge in [-0.2, -0.15) is 0 Å². The number of anilines is 2. The minimum atomic E-state index is -0.518. The largest absolute Gasteiger partial charge is 0.397 e. The zero-order valence-electron chi connectivity index (χ0n) is 14.6. The van der Waals surface area contributed by atoms with Gasteiger partial charge >= 0.3 is 0 Å². The third kappa shape index (κ3) is 3.13. The Morgan fingerprint density at radius 2 is 1.52 bits per heavy atom. The number of fused-ring (bicyclic) bond motifs is 2. The van der Waals surface area contributed by atoms with Crippen LogP contribution in [0.1, 0.15) is 42.2 Å². The first-order valence-corrected chi connectivity index (χ1v) is 9.92. The fourth-order valence-corrected chi connectivity index (χ4v) is 4.08. The van der Waals surface area contributed by atoms with Crippen molar-refractivity contribution in [3.8, 4) is 0 Å². The van der Waals surface area contributed by atoms with Gasteiger partial charge in [0.2, 0.25) is 0 Å². The van der Waals surface area contributed by atoms with Crippen LogP contribution in [-0.2, 0) is 0 Å². The monoisotopic (exact) mass is 488 g/mol. The number of ketones is 2. The molecule has 1 aliphatic carbocycles. The maximum absolute atomic E-state index is 13.2. The van der Waals surface area contributed by atoms with Crippen LogP contribution in [0, 0.1) is 0 Å². The Morgan fingerprint density at radius 3 is 2.14 bits per heavy atom. The molecule has 0 unspecified atom stereocenters. The van der Waals surface area contributed by atoms with E-state index in [9.17, 15) is 14.4 Å². The first-order chi connectivity index (χ1) is 13.8. The Labute approximate surface area is 183 Å². The molecule has 1 amide bonds. The Hall–Kier alpha value is -2.67. The minimum Gasteiger partial charge on any atom is -0.397 e. The number of benzene rings is 3. The van der Waals surface area contributed by atoms with E-state index in [-0.39, 0.29) is 43.7 Å². The number of carbonyl (C=O) groups is 3. The summed E-state index contributed by atoms with van der Waals surface area (Å²) in [5.41, 5.74) is 6.52. The molecule has 3 aromatic carbocycles. The molecule has 0 aliphatic heterocycles. The molecule has 0 aromatic heterocycles. The molecule has 4 rings (SSSR count). The number of carbonyl (C=O) groups excluding carboxylic acids is 3. The molecule has 0 fully saturated rings. The van der Waals surface area contributed by atoms with Gasteiger partial charge in [0.05, 0.1) is 32.5 Å². The Morgan fingerprint density at radius 1 is 0.897 bits per heavy atom. The molecule has 0 saturated carbocycles. The third-order valence-corrected chi connectivity index (χ3v) is 5.97. The lowest BCUT2D eigenvalue weighted by Gasteiger charge is -2.24. The number of nitrogen functional groups attached to an aromatic ring is 1. The van der Waals surface area contributed by atoms with Crippen LogP contribution < -0.4 is 11.1 Å². The molecule has 0 atom stereocenters. The van der Waals surface area contributed by atoms with Crippen LogP contribution in [0.4, 0.5) is 11.4 Å². The van der Waals surface area contributed by atoms with E-state index in [1.807, 2.05) is 0 Å². The van der Waals surface area contributed by atoms with Crippen molar-refractivity contribution in [1.29, 1.82) is 0 Å². The van der Waals surface area contributed by atoms with E-state index in [2.05, 4.69) is 21.2 Å². The predicted octanol–water partition coefficient (Wildman–Crippen LogP) is 5.37. The average molecular weight is 490 g/mol. The average Bonchev–Trinajstić information content (AvgIpc) is 2.72. The normalized spacial score (nSPS) is 12.4. The van der Waals surface area contributed by atoms with E-state index < -0.39 is 17.5 Å². The van der Waals surface area contributed by atoms with Crippen molar-refractivity contribution >= 4 is 68.0 Å². The van der Waals surface area contributed by atoms with E-state index in [1.54, 1.807) is 42.5 Å². The first-order valence-electron chi connectivity index (χ1n) is 8.37. The second-order valence-corrected chi connectivity index (χ2v) is 8.01. The molecule has 8 heteroatoms. The fraction of sp³-hybridized carbons (Fsp3) is 0. The fourth-order valence-electron chi connectivity index (χ4n) is 3.25. The van der Waals surface area contributed by atoms with Crippen molar-refractivity contribution in [1.82, 2.24) is 0 Å². The first kappa shape index (κ1) is 19.6. The quantitative estimate of drug-likeness (QED) is 0.370. The highest BCUT2D eigenvalue weighted by molar-refractivity contribution is 9.10. The molecule has 0 saturated heterocycles. The van der Waals surface area contributed by atoms with E-state index in [0.717, 1.165) is 0 Å². The second kappa shape index (κ2) is 7.30. The van der Waals surface area contributed by atoms with Crippen LogP contribution in [0.5, 0.6) is 0 Å². The summed E-state index contributed by atoms with van der Waals surface area (Å²) in [6, 6.07) is 13.0. The highest BCUT2D eigenvalue weighted by atomic mass is 79.9. The Bertz CT molecular complexity index is 1240. The Kier molecular flexibility index (Phi) is 4.94. The van der Waals surface area contributed by atoms with E-state index in [0.29, 0.717) is 10.0 Å². The summed E-state index contributed by atoms with van der Waals surface area (Å²) in [7, 11) is 0. The van der Waals surface area contributed by atoms with Crippen LogP contribution in [-0.4, -0.2) is 17.5 Å². The molecule has 0 heterocycles. The van der Waals surface area contributed by atoms with Gasteiger partial charge in [0.15, 0.2) is 11.6 Å². The van der Waals surface area contributed by atoms with Gasteiger partial charge in [0, 0.05) is 21.2 Å². The van der Waals surface area contributed by atoms with Crippen LogP contribution in [0.25, 0.3) is 0 Å². The number of nitrogens with one attached hydrogen (secondary N) is 1. The second-order valence-electron chi connectivity index (χ2n) is 6.33. The standard InChI is InChI=1S/C21H11BrCl2N2O3/c22-10-5-3-4-9(8-10)21(29)26-18-14-13(17(25)15(23)16(18)24)19(27)11-6-1-2-7-12(11)20(14)28/h1-8H,25H2,(H,26,29). The Balaban J connectivity index is 1.92. The summed E-state index contributed by atoms with van der Waals surface area (Å²) in [4.78, 5) is 39.0. The molecule has 0 bridgehead atoms. The summed E-state index contributed by atoms with van der Waals surface area (Å²) < 4.78 is 0.703. The summed E-state index contributed by atoms with van der Waals surface area (Å²) in [5, 5.41) is 2.42.